The maximum absolute atomic E-state index is 5.24. The molecular weight excluding hydrogens is 176 g/mol. The van der Waals surface area contributed by atoms with Crippen LogP contribution in [0.15, 0.2) is 31.1 Å². The van der Waals surface area contributed by atoms with Crippen molar-refractivity contribution >= 4 is 0 Å². The number of pyridine rings is 1. The monoisotopic (exact) mass is 192 g/mol. The summed E-state index contributed by atoms with van der Waals surface area (Å²) in [6.07, 6.45) is 6.26. The molecule has 0 saturated carbocycles. The molecule has 1 aromatic rings. The Kier molecular flexibility index (Phi) is 4.13. The molecule has 0 aliphatic rings. The van der Waals surface area contributed by atoms with Gasteiger partial charge in [-0.05, 0) is 19.5 Å². The van der Waals surface area contributed by atoms with E-state index in [2.05, 4.69) is 16.9 Å². The van der Waals surface area contributed by atoms with E-state index in [-0.39, 0.29) is 6.04 Å². The highest BCUT2D eigenvalue weighted by Gasteiger charge is 2.11. The molecule has 1 aromatic heterocycles. The fourth-order valence-electron chi connectivity index (χ4n) is 1.42. The zero-order valence-corrected chi connectivity index (χ0v) is 8.66. The van der Waals surface area contributed by atoms with Crippen LogP contribution in [-0.2, 0) is 0 Å². The molecule has 0 aliphatic carbocycles. The van der Waals surface area contributed by atoms with Crippen LogP contribution in [0, 0.1) is 0 Å². The smallest absolute Gasteiger partial charge is 0.141 e. The zero-order chi connectivity index (χ0) is 10.4. The molecule has 76 valence electrons. The maximum atomic E-state index is 5.24. The highest BCUT2D eigenvalue weighted by atomic mass is 16.5. The zero-order valence-electron chi connectivity index (χ0n) is 8.66. The number of methoxy groups -OCH3 is 1. The maximum Gasteiger partial charge on any atom is 0.141 e. The van der Waals surface area contributed by atoms with Gasteiger partial charge in [0.05, 0.1) is 13.3 Å². The van der Waals surface area contributed by atoms with Crippen LogP contribution >= 0.6 is 0 Å². The summed E-state index contributed by atoms with van der Waals surface area (Å²) in [6, 6.07) is 2.20. The molecule has 1 N–H and O–H groups in total. The number of ether oxygens (including phenoxy) is 1. The number of nitrogens with zero attached hydrogens (tertiary/aromatic N) is 1. The van der Waals surface area contributed by atoms with Crippen LogP contribution in [0.2, 0.25) is 0 Å². The van der Waals surface area contributed by atoms with Crippen LogP contribution in [0.1, 0.15) is 18.0 Å². The molecule has 0 aromatic carbocycles. The van der Waals surface area contributed by atoms with Gasteiger partial charge in [-0.15, -0.1) is 6.58 Å². The molecule has 1 unspecified atom stereocenters. The minimum Gasteiger partial charge on any atom is -0.495 e. The van der Waals surface area contributed by atoms with Crippen molar-refractivity contribution in [3.63, 3.8) is 0 Å². The van der Waals surface area contributed by atoms with E-state index in [4.69, 9.17) is 4.74 Å². The van der Waals surface area contributed by atoms with Gasteiger partial charge in [-0.2, -0.15) is 0 Å². The number of hydrogen-bond donors (Lipinski definition) is 1. The Bertz CT molecular complexity index is 299. The molecule has 1 rings (SSSR count). The Morgan fingerprint density at radius 3 is 3.07 bits per heavy atom. The molecule has 1 atom stereocenters. The van der Waals surface area contributed by atoms with E-state index in [0.29, 0.717) is 0 Å². The van der Waals surface area contributed by atoms with Crippen molar-refractivity contribution in [3.8, 4) is 5.75 Å². The minimum atomic E-state index is 0.241. The molecule has 0 fully saturated rings. The number of hydrogen-bond acceptors (Lipinski definition) is 3. The molecular formula is C11H16N2O. The predicted octanol–water partition coefficient (Wildman–Crippen LogP) is 1.93. The van der Waals surface area contributed by atoms with Crippen LogP contribution in [0.3, 0.4) is 0 Å². The van der Waals surface area contributed by atoms with Gasteiger partial charge in [0.2, 0.25) is 0 Å². The van der Waals surface area contributed by atoms with Gasteiger partial charge in [0.1, 0.15) is 5.75 Å². The van der Waals surface area contributed by atoms with Gasteiger partial charge >= 0.3 is 0 Å². The summed E-state index contributed by atoms with van der Waals surface area (Å²) in [5.41, 5.74) is 1.12. The molecule has 0 spiro atoms. The largest absolute Gasteiger partial charge is 0.495 e. The summed E-state index contributed by atoms with van der Waals surface area (Å²) in [4.78, 5) is 4.01. The van der Waals surface area contributed by atoms with Crippen LogP contribution in [-0.4, -0.2) is 19.1 Å². The second-order valence-electron chi connectivity index (χ2n) is 2.98. The minimum absolute atomic E-state index is 0.241. The van der Waals surface area contributed by atoms with Gasteiger partial charge in [-0.25, -0.2) is 0 Å². The highest BCUT2D eigenvalue weighted by molar-refractivity contribution is 5.33. The first-order chi connectivity index (χ1) is 6.83. The number of nitrogens with one attached hydrogen (secondary N) is 1. The summed E-state index contributed by atoms with van der Waals surface area (Å²) >= 11 is 0. The van der Waals surface area contributed by atoms with Crippen LogP contribution in [0.4, 0.5) is 0 Å². The standard InChI is InChI=1S/C11H16N2O/c1-4-5-10(12-2)9-6-7-13-8-11(9)14-3/h4,6-8,10,12H,1,5H2,2-3H3. The topological polar surface area (TPSA) is 34.2 Å². The van der Waals surface area contributed by atoms with Gasteiger partial charge in [0.15, 0.2) is 0 Å². The molecule has 0 amide bonds. The third-order valence-corrected chi connectivity index (χ3v) is 2.16. The first-order valence-corrected chi connectivity index (χ1v) is 4.59. The molecule has 0 bridgehead atoms. The molecule has 1 heterocycles. The van der Waals surface area contributed by atoms with Crippen molar-refractivity contribution in [2.45, 2.75) is 12.5 Å². The quantitative estimate of drug-likeness (QED) is 0.724. The van der Waals surface area contributed by atoms with E-state index in [9.17, 15) is 0 Å². The van der Waals surface area contributed by atoms with E-state index in [1.54, 1.807) is 19.5 Å². The second kappa shape index (κ2) is 5.40. The average molecular weight is 192 g/mol. The van der Waals surface area contributed by atoms with Crippen LogP contribution in [0.5, 0.6) is 5.75 Å². The van der Waals surface area contributed by atoms with Gasteiger partial charge < -0.3 is 10.1 Å². The molecule has 3 nitrogen and oxygen atoms in total. The van der Waals surface area contributed by atoms with Gasteiger partial charge in [0, 0.05) is 17.8 Å². The van der Waals surface area contributed by atoms with Crippen molar-refractivity contribution in [1.29, 1.82) is 0 Å². The molecule has 0 saturated heterocycles. The molecule has 0 radical (unpaired) electrons. The lowest BCUT2D eigenvalue weighted by atomic mass is 10.0. The van der Waals surface area contributed by atoms with Crippen molar-refractivity contribution in [3.05, 3.63) is 36.7 Å². The second-order valence-corrected chi connectivity index (χ2v) is 2.98. The van der Waals surface area contributed by atoms with Crippen LogP contribution < -0.4 is 10.1 Å². The van der Waals surface area contributed by atoms with E-state index >= 15 is 0 Å². The van der Waals surface area contributed by atoms with Gasteiger partial charge in [0.25, 0.3) is 0 Å². The van der Waals surface area contributed by atoms with Crippen molar-refractivity contribution in [2.75, 3.05) is 14.2 Å². The van der Waals surface area contributed by atoms with Gasteiger partial charge in [-0.3, -0.25) is 4.98 Å². The Morgan fingerprint density at radius 2 is 2.50 bits per heavy atom. The fourth-order valence-corrected chi connectivity index (χ4v) is 1.42. The SMILES string of the molecule is C=CCC(NC)c1ccncc1OC. The summed E-state index contributed by atoms with van der Waals surface area (Å²) < 4.78 is 5.24. The van der Waals surface area contributed by atoms with E-state index < -0.39 is 0 Å². The lowest BCUT2D eigenvalue weighted by Gasteiger charge is -2.17. The van der Waals surface area contributed by atoms with Crippen molar-refractivity contribution in [2.24, 2.45) is 0 Å². The summed E-state index contributed by atoms with van der Waals surface area (Å²) in [5, 5.41) is 3.21. The Labute approximate surface area is 84.8 Å². The summed E-state index contributed by atoms with van der Waals surface area (Å²) in [5.74, 6) is 0.814. The van der Waals surface area contributed by atoms with Gasteiger partial charge in [-0.1, -0.05) is 6.08 Å². The van der Waals surface area contributed by atoms with E-state index in [1.165, 1.54) is 0 Å². The lowest BCUT2D eigenvalue weighted by Crippen LogP contribution is -2.16. The molecule has 3 heteroatoms. The van der Waals surface area contributed by atoms with Crippen molar-refractivity contribution < 1.29 is 4.74 Å². The number of rotatable bonds is 5. The van der Waals surface area contributed by atoms with E-state index in [0.717, 1.165) is 17.7 Å². The van der Waals surface area contributed by atoms with Crippen LogP contribution in [0.25, 0.3) is 0 Å². The first kappa shape index (κ1) is 10.7. The lowest BCUT2D eigenvalue weighted by molar-refractivity contribution is 0.399. The molecule has 0 aliphatic heterocycles. The predicted molar refractivity (Wildman–Crippen MR) is 57.4 cm³/mol. The fraction of sp³-hybridized carbons (Fsp3) is 0.364. The normalized spacial score (nSPS) is 12.1. The average Bonchev–Trinajstić information content (AvgIpc) is 2.26. The Balaban J connectivity index is 2.95. The molecule has 14 heavy (non-hydrogen) atoms. The summed E-state index contributed by atoms with van der Waals surface area (Å²) in [6.45, 7) is 3.73. The summed E-state index contributed by atoms with van der Waals surface area (Å²) in [7, 11) is 3.58. The van der Waals surface area contributed by atoms with Crippen molar-refractivity contribution in [1.82, 2.24) is 10.3 Å². The first-order valence-electron chi connectivity index (χ1n) is 4.59. The third-order valence-electron chi connectivity index (χ3n) is 2.16. The van der Waals surface area contributed by atoms with E-state index in [1.807, 2.05) is 19.2 Å². The third kappa shape index (κ3) is 2.33. The Morgan fingerprint density at radius 1 is 1.71 bits per heavy atom. The number of aromatic nitrogens is 1. The Hall–Kier alpha value is -1.35. The highest BCUT2D eigenvalue weighted by Crippen LogP contribution is 2.25.